The maximum absolute atomic E-state index is 3.45. The topological polar surface area (TPSA) is 15.3 Å². The highest BCUT2D eigenvalue weighted by Gasteiger charge is 2.46. The lowest BCUT2D eigenvalue weighted by atomic mass is 9.99. The molecule has 1 fully saturated rings. The van der Waals surface area contributed by atoms with E-state index in [2.05, 4.69) is 50.7 Å². The van der Waals surface area contributed by atoms with Crippen molar-refractivity contribution in [3.8, 4) is 0 Å². The quantitative estimate of drug-likeness (QED) is 0.726. The highest BCUT2D eigenvalue weighted by atomic mass is 28.3. The summed E-state index contributed by atoms with van der Waals surface area (Å²) in [5.41, 5.74) is 0. The summed E-state index contributed by atoms with van der Waals surface area (Å²) in [5, 5.41) is 3.94. The van der Waals surface area contributed by atoms with Gasteiger partial charge in [0.05, 0.1) is 0 Å². The Bertz CT molecular complexity index is 193. The summed E-state index contributed by atoms with van der Waals surface area (Å²) in [6, 6.07) is 0. The van der Waals surface area contributed by atoms with E-state index < -0.39 is 8.24 Å². The van der Waals surface area contributed by atoms with E-state index in [0.29, 0.717) is 5.04 Å². The molecule has 0 saturated carbocycles. The van der Waals surface area contributed by atoms with E-state index in [1.165, 1.54) is 13.1 Å². The average Bonchev–Trinajstić information content (AvgIpc) is 2.55. The molecule has 3 heteroatoms. The molecule has 0 amide bonds. The number of nitrogens with one attached hydrogen (secondary N) is 1. The average molecular weight is 214 g/mol. The van der Waals surface area contributed by atoms with E-state index in [4.69, 9.17) is 0 Å². The van der Waals surface area contributed by atoms with Crippen molar-refractivity contribution in [2.24, 2.45) is 5.92 Å². The van der Waals surface area contributed by atoms with Gasteiger partial charge in [0, 0.05) is 19.8 Å². The van der Waals surface area contributed by atoms with Crippen molar-refractivity contribution in [1.82, 2.24) is 9.88 Å². The second-order valence-electron chi connectivity index (χ2n) is 5.86. The highest BCUT2D eigenvalue weighted by molar-refractivity contribution is 6.77. The molecular formula is C11H26N2Si. The second kappa shape index (κ2) is 3.95. The van der Waals surface area contributed by atoms with Gasteiger partial charge in [-0.15, -0.1) is 0 Å². The van der Waals surface area contributed by atoms with Gasteiger partial charge < -0.3 is 9.88 Å². The molecule has 0 aliphatic carbocycles. The Hall–Kier alpha value is 0.137. The van der Waals surface area contributed by atoms with Gasteiger partial charge in [0.1, 0.15) is 8.24 Å². The molecule has 0 aromatic carbocycles. The van der Waals surface area contributed by atoms with Crippen molar-refractivity contribution in [2.45, 2.75) is 45.8 Å². The minimum atomic E-state index is -1.29. The van der Waals surface area contributed by atoms with Crippen LogP contribution in [0.5, 0.6) is 0 Å². The maximum Gasteiger partial charge on any atom is 0.129 e. The van der Waals surface area contributed by atoms with Crippen LogP contribution in [0.1, 0.15) is 27.7 Å². The molecule has 1 heterocycles. The van der Waals surface area contributed by atoms with E-state index in [1.54, 1.807) is 0 Å². The molecule has 2 nitrogen and oxygen atoms in total. The lowest BCUT2D eigenvalue weighted by Gasteiger charge is -2.48. The van der Waals surface area contributed by atoms with Crippen LogP contribution in [0.2, 0.25) is 18.1 Å². The third kappa shape index (κ3) is 1.90. The van der Waals surface area contributed by atoms with E-state index in [1.807, 2.05) is 0 Å². The summed E-state index contributed by atoms with van der Waals surface area (Å²) in [7, 11) is -1.29. The second-order valence-corrected chi connectivity index (χ2v) is 10.9. The molecule has 0 spiro atoms. The molecule has 14 heavy (non-hydrogen) atoms. The Kier molecular flexibility index (Phi) is 3.44. The molecule has 0 aromatic rings. The molecule has 1 N–H and O–H groups in total. The molecule has 1 aliphatic heterocycles. The summed E-state index contributed by atoms with van der Waals surface area (Å²) in [4.78, 5) is 0. The van der Waals surface area contributed by atoms with Gasteiger partial charge in [-0.25, -0.2) is 0 Å². The van der Waals surface area contributed by atoms with E-state index in [-0.39, 0.29) is 0 Å². The van der Waals surface area contributed by atoms with Crippen LogP contribution >= 0.6 is 0 Å². The summed E-state index contributed by atoms with van der Waals surface area (Å²) >= 11 is 0. The lowest BCUT2D eigenvalue weighted by Crippen LogP contribution is -2.56. The van der Waals surface area contributed by atoms with Gasteiger partial charge in [0.2, 0.25) is 0 Å². The SMILES string of the molecule is CC(C)C(C)(C)[Si](C)(C)N1CCNC1. The van der Waals surface area contributed by atoms with E-state index in [9.17, 15) is 0 Å². The molecule has 0 aromatic heterocycles. The fourth-order valence-corrected chi connectivity index (χ4v) is 5.50. The summed E-state index contributed by atoms with van der Waals surface area (Å²) in [6.45, 7) is 18.2. The van der Waals surface area contributed by atoms with Crippen LogP contribution in [-0.4, -0.2) is 32.6 Å². The summed E-state index contributed by atoms with van der Waals surface area (Å²) in [5.74, 6) is 0.768. The fourth-order valence-electron chi connectivity index (χ4n) is 2.10. The lowest BCUT2D eigenvalue weighted by molar-refractivity contribution is 0.394. The van der Waals surface area contributed by atoms with Gasteiger partial charge in [0.15, 0.2) is 0 Å². The van der Waals surface area contributed by atoms with Crippen LogP contribution in [0.4, 0.5) is 0 Å². The summed E-state index contributed by atoms with van der Waals surface area (Å²) < 4.78 is 2.70. The zero-order valence-electron chi connectivity index (χ0n) is 10.6. The van der Waals surface area contributed by atoms with Crippen LogP contribution in [0, 0.1) is 5.92 Å². The molecule has 1 rings (SSSR count). The van der Waals surface area contributed by atoms with Crippen LogP contribution < -0.4 is 5.32 Å². The molecule has 1 saturated heterocycles. The number of hydrogen-bond donors (Lipinski definition) is 1. The Balaban J connectivity index is 2.81. The minimum Gasteiger partial charge on any atom is -0.310 e. The van der Waals surface area contributed by atoms with Gasteiger partial charge in [-0.3, -0.25) is 0 Å². The minimum absolute atomic E-state index is 0.485. The molecule has 1 aliphatic rings. The van der Waals surface area contributed by atoms with Crippen molar-refractivity contribution < 1.29 is 0 Å². The Morgan fingerprint density at radius 1 is 1.29 bits per heavy atom. The first kappa shape index (κ1) is 12.2. The van der Waals surface area contributed by atoms with Crippen LogP contribution in [0.3, 0.4) is 0 Å². The van der Waals surface area contributed by atoms with Crippen LogP contribution in [-0.2, 0) is 0 Å². The molecule has 0 atom stereocenters. The first-order valence-corrected chi connectivity index (χ1v) is 8.70. The normalized spacial score (nSPS) is 20.8. The van der Waals surface area contributed by atoms with E-state index in [0.717, 1.165) is 12.6 Å². The standard InChI is InChI=1S/C11H26N2Si/c1-10(2)11(3,4)14(5,6)13-8-7-12-9-13/h10,12H,7-9H2,1-6H3. The zero-order chi connectivity index (χ0) is 11.0. The maximum atomic E-state index is 3.45. The Morgan fingerprint density at radius 2 is 1.86 bits per heavy atom. The monoisotopic (exact) mass is 214 g/mol. The smallest absolute Gasteiger partial charge is 0.129 e. The number of nitrogens with zero attached hydrogens (tertiary/aromatic N) is 1. The molecule has 0 bridgehead atoms. The number of hydrogen-bond acceptors (Lipinski definition) is 2. The third-order valence-corrected chi connectivity index (χ3v) is 10.4. The molecule has 0 radical (unpaired) electrons. The predicted octanol–water partition coefficient (Wildman–Crippen LogP) is 2.49. The first-order chi connectivity index (χ1) is 6.30. The Morgan fingerprint density at radius 3 is 2.21 bits per heavy atom. The highest BCUT2D eigenvalue weighted by Crippen LogP contribution is 2.45. The predicted molar refractivity (Wildman–Crippen MR) is 65.9 cm³/mol. The van der Waals surface area contributed by atoms with Gasteiger partial charge in [-0.05, 0) is 11.0 Å². The first-order valence-electron chi connectivity index (χ1n) is 5.76. The van der Waals surface area contributed by atoms with Crippen molar-refractivity contribution in [3.63, 3.8) is 0 Å². The molecule has 84 valence electrons. The zero-order valence-corrected chi connectivity index (χ0v) is 11.6. The largest absolute Gasteiger partial charge is 0.310 e. The van der Waals surface area contributed by atoms with Crippen molar-refractivity contribution in [1.29, 1.82) is 0 Å². The number of rotatable bonds is 3. The van der Waals surface area contributed by atoms with Gasteiger partial charge in [0.25, 0.3) is 0 Å². The van der Waals surface area contributed by atoms with E-state index >= 15 is 0 Å². The van der Waals surface area contributed by atoms with Crippen molar-refractivity contribution >= 4 is 8.24 Å². The fraction of sp³-hybridized carbons (Fsp3) is 1.00. The molecule has 0 unspecified atom stereocenters. The van der Waals surface area contributed by atoms with Gasteiger partial charge in [-0.2, -0.15) is 0 Å². The van der Waals surface area contributed by atoms with Gasteiger partial charge in [-0.1, -0.05) is 40.8 Å². The van der Waals surface area contributed by atoms with Crippen LogP contribution in [0.25, 0.3) is 0 Å². The van der Waals surface area contributed by atoms with Crippen LogP contribution in [0.15, 0.2) is 0 Å². The Labute approximate surface area is 90.2 Å². The molecular weight excluding hydrogens is 188 g/mol. The third-order valence-electron chi connectivity index (χ3n) is 4.67. The van der Waals surface area contributed by atoms with Gasteiger partial charge >= 0.3 is 0 Å². The van der Waals surface area contributed by atoms with Crippen molar-refractivity contribution in [3.05, 3.63) is 0 Å². The summed E-state index contributed by atoms with van der Waals surface area (Å²) in [6.07, 6.45) is 0. The van der Waals surface area contributed by atoms with Crippen molar-refractivity contribution in [2.75, 3.05) is 19.8 Å².